The first-order valence-corrected chi connectivity index (χ1v) is 8.04. The third kappa shape index (κ3) is 5.31. The van der Waals surface area contributed by atoms with Gasteiger partial charge in [-0.05, 0) is 37.1 Å². The number of hydrogen-bond donors (Lipinski definition) is 0. The van der Waals surface area contributed by atoms with Crippen LogP contribution in [-0.4, -0.2) is 35.9 Å². The van der Waals surface area contributed by atoms with E-state index in [1.54, 1.807) is 25.2 Å². The lowest BCUT2D eigenvalue weighted by Crippen LogP contribution is -2.32. The molecule has 0 aromatic heterocycles. The molecule has 0 aliphatic rings. The summed E-state index contributed by atoms with van der Waals surface area (Å²) in [6.07, 6.45) is -0.00277. The van der Waals surface area contributed by atoms with Gasteiger partial charge in [-0.1, -0.05) is 24.3 Å². The van der Waals surface area contributed by atoms with E-state index in [2.05, 4.69) is 6.07 Å². The summed E-state index contributed by atoms with van der Waals surface area (Å²) in [4.78, 5) is 24.4. The molecule has 6 heteroatoms. The van der Waals surface area contributed by atoms with E-state index in [0.29, 0.717) is 18.7 Å². The van der Waals surface area contributed by atoms with Gasteiger partial charge in [-0.2, -0.15) is 0 Å². The highest BCUT2D eigenvalue weighted by Crippen LogP contribution is 2.19. The van der Waals surface area contributed by atoms with Crippen molar-refractivity contribution in [2.24, 2.45) is 0 Å². The van der Waals surface area contributed by atoms with E-state index in [1.165, 1.54) is 11.0 Å². The number of ether oxygens (including phenoxy) is 1. The van der Waals surface area contributed by atoms with Crippen molar-refractivity contribution in [2.45, 2.75) is 20.3 Å². The smallest absolute Gasteiger partial charge is 0.273 e. The highest BCUT2D eigenvalue weighted by Gasteiger charge is 2.17. The van der Waals surface area contributed by atoms with Crippen LogP contribution in [-0.2, 0) is 11.2 Å². The van der Waals surface area contributed by atoms with Crippen LogP contribution in [0.3, 0.4) is 0 Å². The average Bonchev–Trinajstić information content (AvgIpc) is 2.54. The largest absolute Gasteiger partial charge is 0.492 e. The second kappa shape index (κ2) is 8.28. The van der Waals surface area contributed by atoms with Crippen molar-refractivity contribution in [3.63, 3.8) is 0 Å². The Bertz CT molecular complexity index is 754. The highest BCUT2D eigenvalue weighted by atomic mass is 16.6. The van der Waals surface area contributed by atoms with E-state index >= 15 is 0 Å². The van der Waals surface area contributed by atoms with Crippen molar-refractivity contribution in [1.29, 1.82) is 0 Å². The van der Waals surface area contributed by atoms with Crippen molar-refractivity contribution >= 4 is 11.6 Å². The number of para-hydroxylation sites is 1. The predicted octanol–water partition coefficient (Wildman–Crippen LogP) is 3.29. The van der Waals surface area contributed by atoms with Crippen LogP contribution in [0.2, 0.25) is 0 Å². The summed E-state index contributed by atoms with van der Waals surface area (Å²) in [5.74, 6) is 0.593. The molecule has 0 N–H and O–H groups in total. The van der Waals surface area contributed by atoms with Gasteiger partial charge in [0, 0.05) is 18.7 Å². The molecule has 2 aromatic carbocycles. The summed E-state index contributed by atoms with van der Waals surface area (Å²) in [5, 5.41) is 11.0. The number of amides is 1. The Morgan fingerprint density at radius 2 is 1.80 bits per heavy atom. The van der Waals surface area contributed by atoms with Gasteiger partial charge in [0.15, 0.2) is 0 Å². The molecule has 0 unspecified atom stereocenters. The van der Waals surface area contributed by atoms with Crippen LogP contribution in [0.15, 0.2) is 42.5 Å². The van der Waals surface area contributed by atoms with Crippen LogP contribution >= 0.6 is 0 Å². The number of hydrogen-bond acceptors (Lipinski definition) is 4. The van der Waals surface area contributed by atoms with E-state index in [-0.39, 0.29) is 18.0 Å². The van der Waals surface area contributed by atoms with Gasteiger partial charge < -0.3 is 9.64 Å². The van der Waals surface area contributed by atoms with Crippen LogP contribution in [0.1, 0.15) is 16.7 Å². The molecule has 1 amide bonds. The summed E-state index contributed by atoms with van der Waals surface area (Å²) in [6.45, 7) is 4.78. The molecule has 0 spiro atoms. The van der Waals surface area contributed by atoms with Gasteiger partial charge in [-0.15, -0.1) is 0 Å². The fourth-order valence-electron chi connectivity index (χ4n) is 2.58. The zero-order chi connectivity index (χ0) is 18.4. The zero-order valence-corrected chi connectivity index (χ0v) is 14.7. The van der Waals surface area contributed by atoms with Crippen LogP contribution in [0.5, 0.6) is 5.75 Å². The molecule has 0 aliphatic carbocycles. The number of benzene rings is 2. The minimum Gasteiger partial charge on any atom is -0.492 e. The standard InChI is InChI=1S/C19H22N2O4/c1-14-10-15(2)12-17(11-14)25-9-8-20(3)19(22)13-16-6-4-5-7-18(16)21(23)24/h4-7,10-12H,8-9,13H2,1-3H3. The zero-order valence-electron chi connectivity index (χ0n) is 14.7. The Kier molecular flexibility index (Phi) is 6.11. The second-order valence-corrected chi connectivity index (χ2v) is 6.05. The molecule has 0 bridgehead atoms. The molecule has 0 atom stereocenters. The van der Waals surface area contributed by atoms with E-state index in [1.807, 2.05) is 26.0 Å². The van der Waals surface area contributed by atoms with Crippen LogP contribution in [0, 0.1) is 24.0 Å². The summed E-state index contributed by atoms with van der Waals surface area (Å²) in [5.41, 5.74) is 2.63. The monoisotopic (exact) mass is 342 g/mol. The summed E-state index contributed by atoms with van der Waals surface area (Å²) >= 11 is 0. The summed E-state index contributed by atoms with van der Waals surface area (Å²) < 4.78 is 5.70. The van der Waals surface area contributed by atoms with Crippen LogP contribution in [0.4, 0.5) is 5.69 Å². The molecule has 2 aromatic rings. The molecule has 0 saturated heterocycles. The Balaban J connectivity index is 1.89. The highest BCUT2D eigenvalue weighted by molar-refractivity contribution is 5.79. The molecular weight excluding hydrogens is 320 g/mol. The van der Waals surface area contributed by atoms with Gasteiger partial charge in [0.25, 0.3) is 5.69 Å². The molecule has 0 fully saturated rings. The maximum Gasteiger partial charge on any atom is 0.273 e. The average molecular weight is 342 g/mol. The number of nitro benzene ring substituents is 1. The molecule has 25 heavy (non-hydrogen) atoms. The number of nitro groups is 1. The quantitative estimate of drug-likeness (QED) is 0.572. The number of nitrogens with zero attached hydrogens (tertiary/aromatic N) is 2. The van der Waals surface area contributed by atoms with Crippen molar-refractivity contribution < 1.29 is 14.5 Å². The SMILES string of the molecule is Cc1cc(C)cc(OCCN(C)C(=O)Cc2ccccc2[N+](=O)[O-])c1. The van der Waals surface area contributed by atoms with Crippen LogP contribution < -0.4 is 4.74 Å². The Hall–Kier alpha value is -2.89. The molecule has 132 valence electrons. The summed E-state index contributed by atoms with van der Waals surface area (Å²) in [6, 6.07) is 12.3. The van der Waals surface area contributed by atoms with Gasteiger partial charge >= 0.3 is 0 Å². The van der Waals surface area contributed by atoms with Gasteiger partial charge in [-0.3, -0.25) is 14.9 Å². The van der Waals surface area contributed by atoms with E-state index in [9.17, 15) is 14.9 Å². The fourth-order valence-corrected chi connectivity index (χ4v) is 2.58. The Morgan fingerprint density at radius 3 is 2.44 bits per heavy atom. The maximum atomic E-state index is 12.3. The molecule has 2 rings (SSSR count). The minimum absolute atomic E-state index is 0.00277. The van der Waals surface area contributed by atoms with Crippen LogP contribution in [0.25, 0.3) is 0 Å². The Morgan fingerprint density at radius 1 is 1.16 bits per heavy atom. The van der Waals surface area contributed by atoms with Crippen molar-refractivity contribution in [1.82, 2.24) is 4.90 Å². The fraction of sp³-hybridized carbons (Fsp3) is 0.316. The van der Waals surface area contributed by atoms with E-state index < -0.39 is 4.92 Å². The van der Waals surface area contributed by atoms with Gasteiger partial charge in [0.2, 0.25) is 5.91 Å². The normalized spacial score (nSPS) is 10.4. The topological polar surface area (TPSA) is 72.7 Å². The molecule has 0 radical (unpaired) electrons. The molecule has 0 saturated carbocycles. The molecule has 0 heterocycles. The molecule has 6 nitrogen and oxygen atoms in total. The molecular formula is C19H22N2O4. The first kappa shape index (κ1) is 18.4. The lowest BCUT2D eigenvalue weighted by atomic mass is 10.1. The van der Waals surface area contributed by atoms with E-state index in [0.717, 1.165) is 16.9 Å². The van der Waals surface area contributed by atoms with Crippen molar-refractivity contribution in [3.05, 3.63) is 69.3 Å². The first-order valence-electron chi connectivity index (χ1n) is 8.04. The number of carbonyl (C=O) groups excluding carboxylic acids is 1. The number of carbonyl (C=O) groups is 1. The summed E-state index contributed by atoms with van der Waals surface area (Å²) in [7, 11) is 1.67. The lowest BCUT2D eigenvalue weighted by molar-refractivity contribution is -0.385. The van der Waals surface area contributed by atoms with E-state index in [4.69, 9.17) is 4.74 Å². The third-order valence-electron chi connectivity index (χ3n) is 3.85. The Labute approximate surface area is 147 Å². The predicted molar refractivity (Wildman–Crippen MR) is 95.8 cm³/mol. The maximum absolute atomic E-state index is 12.3. The number of rotatable bonds is 7. The van der Waals surface area contributed by atoms with Gasteiger partial charge in [0.1, 0.15) is 12.4 Å². The number of likely N-dealkylation sites (N-methyl/N-ethyl adjacent to an activating group) is 1. The molecule has 0 aliphatic heterocycles. The third-order valence-corrected chi connectivity index (χ3v) is 3.85. The first-order chi connectivity index (χ1) is 11.9. The van der Waals surface area contributed by atoms with Gasteiger partial charge in [0.05, 0.1) is 17.9 Å². The minimum atomic E-state index is -0.466. The van der Waals surface area contributed by atoms with Crippen molar-refractivity contribution in [3.8, 4) is 5.75 Å². The second-order valence-electron chi connectivity index (χ2n) is 6.05. The lowest BCUT2D eigenvalue weighted by Gasteiger charge is -2.18. The van der Waals surface area contributed by atoms with Crippen molar-refractivity contribution in [2.75, 3.05) is 20.2 Å². The number of aryl methyl sites for hydroxylation is 2. The van der Waals surface area contributed by atoms with Gasteiger partial charge in [-0.25, -0.2) is 0 Å².